The first-order valence-corrected chi connectivity index (χ1v) is 7.64. The minimum absolute atomic E-state index is 0.445. The Labute approximate surface area is 131 Å². The maximum Gasteiger partial charge on any atom is 0.127 e. The fourth-order valence-corrected chi connectivity index (χ4v) is 3.21. The van der Waals surface area contributed by atoms with E-state index in [-0.39, 0.29) is 0 Å². The molecular weight excluding hydrogens is 278 g/mol. The van der Waals surface area contributed by atoms with Gasteiger partial charge >= 0.3 is 0 Å². The fraction of sp³-hybridized carbons (Fsp3) is 0.471. The van der Waals surface area contributed by atoms with Crippen LogP contribution in [0.15, 0.2) is 30.6 Å². The molecule has 1 aliphatic rings. The summed E-state index contributed by atoms with van der Waals surface area (Å²) in [5, 5.41) is 4.31. The summed E-state index contributed by atoms with van der Waals surface area (Å²) in [7, 11) is 5.35. The van der Waals surface area contributed by atoms with Crippen LogP contribution in [0.4, 0.5) is 0 Å². The molecular formula is C17H23N3O2. The third kappa shape index (κ3) is 2.95. The van der Waals surface area contributed by atoms with Gasteiger partial charge in [-0.15, -0.1) is 0 Å². The molecule has 1 saturated heterocycles. The quantitative estimate of drug-likeness (QED) is 0.851. The van der Waals surface area contributed by atoms with E-state index in [4.69, 9.17) is 9.47 Å². The van der Waals surface area contributed by atoms with Gasteiger partial charge < -0.3 is 9.47 Å². The van der Waals surface area contributed by atoms with Crippen molar-refractivity contribution in [2.75, 3.05) is 20.8 Å². The normalized spacial score (nSPS) is 18.6. The zero-order valence-corrected chi connectivity index (χ0v) is 13.5. The number of hydrogen-bond donors (Lipinski definition) is 0. The van der Waals surface area contributed by atoms with E-state index >= 15 is 0 Å². The number of rotatable bonds is 5. The van der Waals surface area contributed by atoms with Gasteiger partial charge in [-0.1, -0.05) is 6.07 Å². The standard InChI is InChI=1S/C17H23N3O2/c1-19-11-14(10-18-19)16-5-4-8-20(16)12-13-6-7-15(21-2)9-17(13)22-3/h6-7,9-11,16H,4-5,8,12H2,1-3H3. The van der Waals surface area contributed by atoms with E-state index in [2.05, 4.69) is 22.3 Å². The highest BCUT2D eigenvalue weighted by Gasteiger charge is 2.27. The van der Waals surface area contributed by atoms with Gasteiger partial charge in [0, 0.05) is 43.0 Å². The van der Waals surface area contributed by atoms with E-state index in [1.807, 2.05) is 30.1 Å². The summed E-state index contributed by atoms with van der Waals surface area (Å²) in [6.45, 7) is 1.99. The molecule has 0 spiro atoms. The number of benzene rings is 1. The molecule has 5 heteroatoms. The molecule has 2 aromatic rings. The molecule has 3 rings (SSSR count). The first kappa shape index (κ1) is 14.9. The smallest absolute Gasteiger partial charge is 0.127 e. The molecule has 0 amide bonds. The fourth-order valence-electron chi connectivity index (χ4n) is 3.21. The van der Waals surface area contributed by atoms with E-state index in [0.717, 1.165) is 24.6 Å². The SMILES string of the molecule is COc1ccc(CN2CCCC2c2cnn(C)c2)c(OC)c1. The summed E-state index contributed by atoms with van der Waals surface area (Å²) in [6.07, 6.45) is 6.50. The predicted molar refractivity (Wildman–Crippen MR) is 85.1 cm³/mol. The zero-order chi connectivity index (χ0) is 15.5. The molecule has 1 unspecified atom stereocenters. The van der Waals surface area contributed by atoms with Gasteiger partial charge in [0.25, 0.3) is 0 Å². The van der Waals surface area contributed by atoms with Crippen molar-refractivity contribution in [2.24, 2.45) is 7.05 Å². The van der Waals surface area contributed by atoms with Crippen molar-refractivity contribution in [2.45, 2.75) is 25.4 Å². The van der Waals surface area contributed by atoms with Gasteiger partial charge in [-0.3, -0.25) is 9.58 Å². The summed E-state index contributed by atoms with van der Waals surface area (Å²) in [5.74, 6) is 1.71. The van der Waals surface area contributed by atoms with E-state index in [1.54, 1.807) is 14.2 Å². The highest BCUT2D eigenvalue weighted by molar-refractivity contribution is 5.40. The van der Waals surface area contributed by atoms with Crippen LogP contribution in [-0.2, 0) is 13.6 Å². The Kier molecular flexibility index (Phi) is 4.34. The van der Waals surface area contributed by atoms with Gasteiger partial charge in [-0.05, 0) is 25.5 Å². The molecule has 22 heavy (non-hydrogen) atoms. The first-order valence-electron chi connectivity index (χ1n) is 7.64. The second-order valence-corrected chi connectivity index (χ2v) is 5.75. The molecule has 5 nitrogen and oxygen atoms in total. The Hall–Kier alpha value is -2.01. The van der Waals surface area contributed by atoms with Gasteiger partial charge in [-0.2, -0.15) is 5.10 Å². The van der Waals surface area contributed by atoms with E-state index in [0.29, 0.717) is 6.04 Å². The van der Waals surface area contributed by atoms with Gasteiger partial charge in [0.05, 0.1) is 20.4 Å². The Morgan fingerprint density at radius 1 is 1.27 bits per heavy atom. The molecule has 0 bridgehead atoms. The lowest BCUT2D eigenvalue weighted by molar-refractivity contribution is 0.244. The lowest BCUT2D eigenvalue weighted by atomic mass is 10.1. The number of aromatic nitrogens is 2. The molecule has 0 N–H and O–H groups in total. The van der Waals surface area contributed by atoms with Gasteiger partial charge in [0.15, 0.2) is 0 Å². The monoisotopic (exact) mass is 301 g/mol. The largest absolute Gasteiger partial charge is 0.497 e. The van der Waals surface area contributed by atoms with Crippen LogP contribution in [0.3, 0.4) is 0 Å². The molecule has 1 atom stereocenters. The Morgan fingerprint density at radius 3 is 2.82 bits per heavy atom. The Morgan fingerprint density at radius 2 is 2.14 bits per heavy atom. The van der Waals surface area contributed by atoms with Gasteiger partial charge in [0.1, 0.15) is 11.5 Å². The summed E-state index contributed by atoms with van der Waals surface area (Å²) in [4.78, 5) is 2.50. The molecule has 1 aliphatic heterocycles. The number of aryl methyl sites for hydroxylation is 1. The zero-order valence-electron chi connectivity index (χ0n) is 13.5. The minimum atomic E-state index is 0.445. The van der Waals surface area contributed by atoms with Crippen LogP contribution in [0, 0.1) is 0 Å². The van der Waals surface area contributed by atoms with Crippen molar-refractivity contribution in [3.05, 3.63) is 41.7 Å². The number of methoxy groups -OCH3 is 2. The van der Waals surface area contributed by atoms with Crippen LogP contribution in [0.1, 0.15) is 30.0 Å². The number of likely N-dealkylation sites (tertiary alicyclic amines) is 1. The van der Waals surface area contributed by atoms with Gasteiger partial charge in [0.2, 0.25) is 0 Å². The Bertz CT molecular complexity index is 639. The van der Waals surface area contributed by atoms with Crippen molar-refractivity contribution in [1.29, 1.82) is 0 Å². The third-order valence-corrected chi connectivity index (χ3v) is 4.34. The second-order valence-electron chi connectivity index (χ2n) is 5.75. The molecule has 0 aliphatic carbocycles. The maximum absolute atomic E-state index is 5.52. The molecule has 2 heterocycles. The van der Waals surface area contributed by atoms with Crippen LogP contribution >= 0.6 is 0 Å². The second kappa shape index (κ2) is 6.40. The van der Waals surface area contributed by atoms with Crippen LogP contribution in [0.2, 0.25) is 0 Å². The lowest BCUT2D eigenvalue weighted by Gasteiger charge is -2.24. The molecule has 1 aromatic carbocycles. The average molecular weight is 301 g/mol. The van der Waals surface area contributed by atoms with Gasteiger partial charge in [-0.25, -0.2) is 0 Å². The van der Waals surface area contributed by atoms with E-state index in [9.17, 15) is 0 Å². The highest BCUT2D eigenvalue weighted by Crippen LogP contribution is 2.35. The molecule has 0 radical (unpaired) electrons. The van der Waals surface area contributed by atoms with Crippen LogP contribution in [-0.4, -0.2) is 35.4 Å². The van der Waals surface area contributed by atoms with Crippen molar-refractivity contribution in [3.8, 4) is 11.5 Å². The molecule has 118 valence electrons. The topological polar surface area (TPSA) is 39.5 Å². The minimum Gasteiger partial charge on any atom is -0.497 e. The lowest BCUT2D eigenvalue weighted by Crippen LogP contribution is -2.22. The van der Waals surface area contributed by atoms with Crippen molar-refractivity contribution in [3.63, 3.8) is 0 Å². The number of hydrogen-bond acceptors (Lipinski definition) is 4. The summed E-state index contributed by atoms with van der Waals surface area (Å²) in [5.41, 5.74) is 2.49. The summed E-state index contributed by atoms with van der Waals surface area (Å²) in [6, 6.07) is 6.48. The van der Waals surface area contributed by atoms with Crippen LogP contribution < -0.4 is 9.47 Å². The van der Waals surface area contributed by atoms with Crippen molar-refractivity contribution in [1.82, 2.24) is 14.7 Å². The molecule has 1 fully saturated rings. The van der Waals surface area contributed by atoms with Crippen LogP contribution in [0.25, 0.3) is 0 Å². The summed E-state index contributed by atoms with van der Waals surface area (Å²) < 4.78 is 12.7. The predicted octanol–water partition coefficient (Wildman–Crippen LogP) is 2.77. The third-order valence-electron chi connectivity index (χ3n) is 4.34. The van der Waals surface area contributed by atoms with Crippen molar-refractivity contribution < 1.29 is 9.47 Å². The van der Waals surface area contributed by atoms with E-state index in [1.165, 1.54) is 24.0 Å². The van der Waals surface area contributed by atoms with Crippen molar-refractivity contribution >= 4 is 0 Å². The van der Waals surface area contributed by atoms with Crippen LogP contribution in [0.5, 0.6) is 11.5 Å². The Balaban J connectivity index is 1.80. The summed E-state index contributed by atoms with van der Waals surface area (Å²) >= 11 is 0. The first-order chi connectivity index (χ1) is 10.7. The maximum atomic E-state index is 5.52. The highest BCUT2D eigenvalue weighted by atomic mass is 16.5. The molecule has 0 saturated carbocycles. The van der Waals surface area contributed by atoms with E-state index < -0.39 is 0 Å². The molecule has 1 aromatic heterocycles. The average Bonchev–Trinajstić information content (AvgIpc) is 3.16. The number of ether oxygens (including phenoxy) is 2. The number of nitrogens with zero attached hydrogens (tertiary/aromatic N) is 3.